The highest BCUT2D eigenvalue weighted by molar-refractivity contribution is 7.89. The minimum absolute atomic E-state index is 0.0153. The zero-order valence-corrected chi connectivity index (χ0v) is 16.6. The van der Waals surface area contributed by atoms with E-state index in [0.29, 0.717) is 16.8 Å². The monoisotopic (exact) mass is 416 g/mol. The summed E-state index contributed by atoms with van der Waals surface area (Å²) in [4.78, 5) is 38.0. The molecule has 1 aliphatic rings. The molecule has 0 spiro atoms. The number of primary sulfonamides is 1. The minimum Gasteiger partial charge on any atom is -0.334 e. The number of sulfonamides is 1. The van der Waals surface area contributed by atoms with Crippen molar-refractivity contribution < 1.29 is 22.8 Å². The molecule has 0 aromatic heterocycles. The molecule has 0 aliphatic carbocycles. The fourth-order valence-electron chi connectivity index (χ4n) is 2.96. The van der Waals surface area contributed by atoms with Crippen LogP contribution in [0.4, 0.5) is 10.5 Å². The normalized spacial score (nSPS) is 13.6. The first-order valence-corrected chi connectivity index (χ1v) is 10.3. The van der Waals surface area contributed by atoms with E-state index in [-0.39, 0.29) is 34.9 Å². The van der Waals surface area contributed by atoms with Gasteiger partial charge in [0.05, 0.1) is 16.0 Å². The number of carbonyl (C=O) groups excluding carboxylic acids is 3. The van der Waals surface area contributed by atoms with Gasteiger partial charge in [-0.1, -0.05) is 12.1 Å². The Balaban J connectivity index is 1.64. The summed E-state index contributed by atoms with van der Waals surface area (Å²) in [7, 11) is -3.77. The van der Waals surface area contributed by atoms with Crippen molar-refractivity contribution in [2.24, 2.45) is 5.14 Å². The van der Waals surface area contributed by atoms with Gasteiger partial charge in [-0.15, -0.1) is 0 Å². The van der Waals surface area contributed by atoms with Crippen molar-refractivity contribution in [3.8, 4) is 0 Å². The number of carbonyl (C=O) groups is 3. The lowest BCUT2D eigenvalue weighted by Crippen LogP contribution is -2.35. The van der Waals surface area contributed by atoms with Gasteiger partial charge in [0, 0.05) is 18.3 Å². The third-order valence-corrected chi connectivity index (χ3v) is 5.33. The van der Waals surface area contributed by atoms with Gasteiger partial charge in [-0.25, -0.2) is 18.4 Å². The highest BCUT2D eigenvalue weighted by atomic mass is 32.2. The fourth-order valence-corrected chi connectivity index (χ4v) is 3.48. The maximum absolute atomic E-state index is 12.4. The maximum Gasteiger partial charge on any atom is 0.319 e. The smallest absolute Gasteiger partial charge is 0.319 e. The van der Waals surface area contributed by atoms with Crippen molar-refractivity contribution in [2.45, 2.75) is 31.3 Å². The Hall–Kier alpha value is -3.24. The number of anilines is 1. The summed E-state index contributed by atoms with van der Waals surface area (Å²) in [6.45, 7) is 3.66. The van der Waals surface area contributed by atoms with Crippen LogP contribution in [0.25, 0.3) is 0 Å². The van der Waals surface area contributed by atoms with Gasteiger partial charge < -0.3 is 10.6 Å². The number of fused-ring (bicyclic) bond motifs is 1. The fraction of sp³-hybridized carbons (Fsp3) is 0.211. The van der Waals surface area contributed by atoms with Crippen LogP contribution < -0.4 is 15.8 Å². The second-order valence-electron chi connectivity index (χ2n) is 6.83. The van der Waals surface area contributed by atoms with Crippen LogP contribution >= 0.6 is 0 Å². The SMILES string of the molecule is CC(C)N1C(=O)c2ccc(NC(=O)NCc3ccc(S(N)(=O)=O)cc3)cc2C1=O. The predicted molar refractivity (Wildman–Crippen MR) is 106 cm³/mol. The van der Waals surface area contributed by atoms with Gasteiger partial charge in [0.1, 0.15) is 0 Å². The average molecular weight is 416 g/mol. The Bertz CT molecular complexity index is 1090. The first-order chi connectivity index (χ1) is 13.6. The number of nitrogens with two attached hydrogens (primary N) is 1. The number of hydrogen-bond acceptors (Lipinski definition) is 5. The lowest BCUT2D eigenvalue weighted by Gasteiger charge is -2.17. The van der Waals surface area contributed by atoms with E-state index in [2.05, 4.69) is 10.6 Å². The third-order valence-electron chi connectivity index (χ3n) is 4.40. The summed E-state index contributed by atoms with van der Waals surface area (Å²) in [5.74, 6) is -0.738. The van der Waals surface area contributed by atoms with E-state index in [0.717, 1.165) is 0 Å². The van der Waals surface area contributed by atoms with Gasteiger partial charge in [-0.05, 0) is 49.7 Å². The molecule has 0 saturated heterocycles. The van der Waals surface area contributed by atoms with E-state index in [4.69, 9.17) is 5.14 Å². The van der Waals surface area contributed by atoms with Crippen LogP contribution in [0.3, 0.4) is 0 Å². The van der Waals surface area contributed by atoms with Gasteiger partial charge >= 0.3 is 6.03 Å². The Morgan fingerprint density at radius 1 is 1.03 bits per heavy atom. The van der Waals surface area contributed by atoms with Crippen LogP contribution in [0.1, 0.15) is 40.1 Å². The molecule has 9 nitrogen and oxygen atoms in total. The quantitative estimate of drug-likeness (QED) is 0.636. The van der Waals surface area contributed by atoms with Crippen molar-refractivity contribution in [2.75, 3.05) is 5.32 Å². The van der Waals surface area contributed by atoms with Crippen LogP contribution in [0.2, 0.25) is 0 Å². The number of amides is 4. The van der Waals surface area contributed by atoms with Crippen molar-refractivity contribution in [3.63, 3.8) is 0 Å². The minimum atomic E-state index is -3.77. The highest BCUT2D eigenvalue weighted by Gasteiger charge is 2.37. The molecule has 2 aromatic carbocycles. The van der Waals surface area contributed by atoms with Crippen molar-refractivity contribution in [1.82, 2.24) is 10.2 Å². The summed E-state index contributed by atoms with van der Waals surface area (Å²) in [6, 6.07) is 9.55. The molecule has 0 radical (unpaired) electrons. The summed E-state index contributed by atoms with van der Waals surface area (Å²) in [5.41, 5.74) is 1.61. The Morgan fingerprint density at radius 3 is 2.24 bits per heavy atom. The molecular weight excluding hydrogens is 396 g/mol. The van der Waals surface area contributed by atoms with Crippen LogP contribution in [-0.4, -0.2) is 37.2 Å². The molecule has 29 heavy (non-hydrogen) atoms. The van der Waals surface area contributed by atoms with E-state index < -0.39 is 16.1 Å². The Kier molecular flexibility index (Phi) is 5.40. The first kappa shape index (κ1) is 20.5. The molecule has 4 N–H and O–H groups in total. The summed E-state index contributed by atoms with van der Waals surface area (Å²) < 4.78 is 22.5. The number of hydrogen-bond donors (Lipinski definition) is 3. The second-order valence-corrected chi connectivity index (χ2v) is 8.39. The number of rotatable bonds is 5. The lowest BCUT2D eigenvalue weighted by molar-refractivity contribution is 0.0609. The molecule has 152 valence electrons. The molecule has 4 amide bonds. The molecule has 0 bridgehead atoms. The molecule has 0 fully saturated rings. The molecule has 1 aliphatic heterocycles. The molecule has 3 rings (SSSR count). The van der Waals surface area contributed by atoms with Gasteiger partial charge in [-0.3, -0.25) is 14.5 Å². The third kappa shape index (κ3) is 4.28. The number of nitrogens with one attached hydrogen (secondary N) is 2. The molecule has 0 saturated carbocycles. The van der Waals surface area contributed by atoms with E-state index in [1.165, 1.54) is 29.2 Å². The van der Waals surface area contributed by atoms with E-state index in [1.54, 1.807) is 32.0 Å². The standard InChI is InChI=1S/C19H20N4O5S/c1-11(2)23-17(24)15-8-5-13(9-16(15)18(23)25)22-19(26)21-10-12-3-6-14(7-4-12)29(20,27)28/h3-9,11H,10H2,1-2H3,(H2,20,27,28)(H2,21,22,26). The zero-order valence-electron chi connectivity index (χ0n) is 15.8. The van der Waals surface area contributed by atoms with Gasteiger partial charge in [0.25, 0.3) is 11.8 Å². The molecule has 1 heterocycles. The second kappa shape index (κ2) is 7.64. The van der Waals surface area contributed by atoms with Gasteiger partial charge in [0.15, 0.2) is 0 Å². The average Bonchev–Trinajstić information content (AvgIpc) is 2.90. The van der Waals surface area contributed by atoms with Crippen molar-refractivity contribution >= 4 is 33.6 Å². The van der Waals surface area contributed by atoms with Crippen LogP contribution in [0.5, 0.6) is 0 Å². The first-order valence-electron chi connectivity index (χ1n) is 8.76. The number of imide groups is 1. The predicted octanol–water partition coefficient (Wildman–Crippen LogP) is 1.66. The van der Waals surface area contributed by atoms with Crippen molar-refractivity contribution in [3.05, 3.63) is 59.2 Å². The van der Waals surface area contributed by atoms with Crippen LogP contribution in [0, 0.1) is 0 Å². The van der Waals surface area contributed by atoms with Gasteiger partial charge in [-0.2, -0.15) is 0 Å². The molecule has 0 atom stereocenters. The molecule has 10 heteroatoms. The zero-order chi connectivity index (χ0) is 21.3. The largest absolute Gasteiger partial charge is 0.334 e. The van der Waals surface area contributed by atoms with E-state index in [9.17, 15) is 22.8 Å². The number of urea groups is 1. The Morgan fingerprint density at radius 2 is 1.66 bits per heavy atom. The molecular formula is C19H20N4O5S. The Labute approximate surface area is 167 Å². The highest BCUT2D eigenvalue weighted by Crippen LogP contribution is 2.27. The van der Waals surface area contributed by atoms with Gasteiger partial charge in [0.2, 0.25) is 10.0 Å². The summed E-state index contributed by atoms with van der Waals surface area (Å²) in [6.07, 6.45) is 0. The van der Waals surface area contributed by atoms with Crippen LogP contribution in [-0.2, 0) is 16.6 Å². The van der Waals surface area contributed by atoms with E-state index in [1.807, 2.05) is 0 Å². The maximum atomic E-state index is 12.4. The lowest BCUT2D eigenvalue weighted by atomic mass is 10.1. The number of nitrogens with zero attached hydrogens (tertiary/aromatic N) is 1. The summed E-state index contributed by atoms with van der Waals surface area (Å²) >= 11 is 0. The molecule has 0 unspecified atom stereocenters. The topological polar surface area (TPSA) is 139 Å². The number of benzene rings is 2. The summed E-state index contributed by atoms with van der Waals surface area (Å²) in [5, 5.41) is 10.3. The van der Waals surface area contributed by atoms with E-state index >= 15 is 0 Å². The van der Waals surface area contributed by atoms with Crippen molar-refractivity contribution in [1.29, 1.82) is 0 Å². The molecule has 2 aromatic rings. The van der Waals surface area contributed by atoms with Crippen LogP contribution in [0.15, 0.2) is 47.4 Å².